The molecular weight excluding hydrogens is 236 g/mol. The van der Waals surface area contributed by atoms with Crippen molar-refractivity contribution < 1.29 is 4.42 Å². The lowest BCUT2D eigenvalue weighted by atomic mass is 10.0. The van der Waals surface area contributed by atoms with Crippen LogP contribution in [0.3, 0.4) is 0 Å². The van der Waals surface area contributed by atoms with Gasteiger partial charge in [-0.25, -0.2) is 0 Å². The van der Waals surface area contributed by atoms with E-state index in [1.165, 1.54) is 23.8 Å². The van der Waals surface area contributed by atoms with Crippen molar-refractivity contribution >= 4 is 11.0 Å². The largest absolute Gasteiger partial charge is 0.464 e. The Kier molecular flexibility index (Phi) is 3.58. The van der Waals surface area contributed by atoms with Gasteiger partial charge in [0.2, 0.25) is 0 Å². The number of benzene rings is 1. The second-order valence-electron chi connectivity index (χ2n) is 5.50. The van der Waals surface area contributed by atoms with Crippen molar-refractivity contribution in [2.45, 2.75) is 25.8 Å². The topological polar surface area (TPSA) is 42.4 Å². The highest BCUT2D eigenvalue weighted by atomic mass is 16.3. The molecule has 2 heterocycles. The minimum absolute atomic E-state index is 0.292. The minimum atomic E-state index is 0.292. The lowest BCUT2D eigenvalue weighted by Crippen LogP contribution is -2.31. The molecule has 102 valence electrons. The van der Waals surface area contributed by atoms with E-state index in [2.05, 4.69) is 24.0 Å². The molecule has 2 aromatic rings. The first-order chi connectivity index (χ1) is 9.33. The summed E-state index contributed by atoms with van der Waals surface area (Å²) in [5, 5.41) is 1.21. The Morgan fingerprint density at radius 2 is 2.26 bits per heavy atom. The maximum absolute atomic E-state index is 6.04. The van der Waals surface area contributed by atoms with Gasteiger partial charge in [-0.1, -0.05) is 31.5 Å². The van der Waals surface area contributed by atoms with Gasteiger partial charge in [-0.05, 0) is 24.9 Å². The van der Waals surface area contributed by atoms with Gasteiger partial charge in [-0.3, -0.25) is 4.90 Å². The molecule has 0 bridgehead atoms. The van der Waals surface area contributed by atoms with Gasteiger partial charge in [0.1, 0.15) is 5.58 Å². The molecule has 1 fully saturated rings. The summed E-state index contributed by atoms with van der Waals surface area (Å²) < 4.78 is 5.66. The molecule has 3 nitrogen and oxygen atoms in total. The first kappa shape index (κ1) is 12.7. The summed E-state index contributed by atoms with van der Waals surface area (Å²) in [5.74, 6) is 0.826. The van der Waals surface area contributed by atoms with E-state index in [4.69, 9.17) is 10.2 Å². The number of likely N-dealkylation sites (tertiary alicyclic amines) is 1. The van der Waals surface area contributed by atoms with E-state index in [9.17, 15) is 0 Å². The van der Waals surface area contributed by atoms with Gasteiger partial charge in [0.15, 0.2) is 0 Å². The van der Waals surface area contributed by atoms with Crippen molar-refractivity contribution in [2.75, 3.05) is 19.6 Å². The van der Waals surface area contributed by atoms with Crippen LogP contribution in [0.1, 0.15) is 31.4 Å². The number of furan rings is 1. The Hall–Kier alpha value is -1.32. The smallest absolute Gasteiger partial charge is 0.134 e. The standard InChI is InChI=1S/C16H22N2O/c1-2-12-7-8-18(10-12)15(9-17)14-11-19-16-6-4-3-5-13(14)16/h3-6,11-12,15H,2,7-10,17H2,1H3. The fourth-order valence-electron chi connectivity index (χ4n) is 3.21. The number of hydrogen-bond acceptors (Lipinski definition) is 3. The first-order valence-electron chi connectivity index (χ1n) is 7.23. The van der Waals surface area contributed by atoms with Crippen molar-refractivity contribution in [3.05, 3.63) is 36.1 Å². The third-order valence-corrected chi connectivity index (χ3v) is 4.43. The first-order valence-corrected chi connectivity index (χ1v) is 7.23. The van der Waals surface area contributed by atoms with E-state index in [-0.39, 0.29) is 0 Å². The lowest BCUT2D eigenvalue weighted by Gasteiger charge is -2.26. The van der Waals surface area contributed by atoms with Crippen LogP contribution in [0, 0.1) is 5.92 Å². The highest BCUT2D eigenvalue weighted by Gasteiger charge is 2.29. The molecule has 2 N–H and O–H groups in total. The van der Waals surface area contributed by atoms with Crippen LogP contribution in [-0.4, -0.2) is 24.5 Å². The van der Waals surface area contributed by atoms with Gasteiger partial charge >= 0.3 is 0 Å². The molecule has 1 aliphatic rings. The predicted octanol–water partition coefficient (Wildman–Crippen LogP) is 3.16. The summed E-state index contributed by atoms with van der Waals surface area (Å²) in [6.45, 7) is 5.25. The highest BCUT2D eigenvalue weighted by molar-refractivity contribution is 5.81. The average molecular weight is 258 g/mol. The molecule has 0 amide bonds. The quantitative estimate of drug-likeness (QED) is 0.916. The summed E-state index contributed by atoms with van der Waals surface area (Å²) in [6, 6.07) is 8.51. The summed E-state index contributed by atoms with van der Waals surface area (Å²) in [4.78, 5) is 2.52. The van der Waals surface area contributed by atoms with Crippen LogP contribution in [0.4, 0.5) is 0 Å². The number of para-hydroxylation sites is 1. The Bertz CT molecular complexity index is 548. The lowest BCUT2D eigenvalue weighted by molar-refractivity contribution is 0.241. The summed E-state index contributed by atoms with van der Waals surface area (Å²) in [6.07, 6.45) is 4.45. The molecule has 1 saturated heterocycles. The monoisotopic (exact) mass is 258 g/mol. The fourth-order valence-corrected chi connectivity index (χ4v) is 3.21. The Labute approximate surface area is 114 Å². The van der Waals surface area contributed by atoms with E-state index >= 15 is 0 Å². The van der Waals surface area contributed by atoms with E-state index in [1.54, 1.807) is 0 Å². The molecule has 1 aromatic carbocycles. The Morgan fingerprint density at radius 1 is 1.42 bits per heavy atom. The predicted molar refractivity (Wildman–Crippen MR) is 78.0 cm³/mol. The summed E-state index contributed by atoms with van der Waals surface area (Å²) in [5.41, 5.74) is 8.24. The molecular formula is C16H22N2O. The molecule has 0 saturated carbocycles. The zero-order chi connectivity index (χ0) is 13.2. The summed E-state index contributed by atoms with van der Waals surface area (Å²) >= 11 is 0. The number of rotatable bonds is 4. The van der Waals surface area contributed by atoms with Gasteiger partial charge in [0, 0.05) is 24.0 Å². The maximum Gasteiger partial charge on any atom is 0.134 e. The van der Waals surface area contributed by atoms with Crippen molar-refractivity contribution in [3.63, 3.8) is 0 Å². The van der Waals surface area contributed by atoms with Crippen LogP contribution >= 0.6 is 0 Å². The fraction of sp³-hybridized carbons (Fsp3) is 0.500. The number of fused-ring (bicyclic) bond motifs is 1. The third-order valence-electron chi connectivity index (χ3n) is 4.43. The molecule has 2 unspecified atom stereocenters. The van der Waals surface area contributed by atoms with Crippen LogP contribution in [0.25, 0.3) is 11.0 Å². The SMILES string of the molecule is CCC1CCN(C(CN)c2coc3ccccc23)C1. The molecule has 19 heavy (non-hydrogen) atoms. The molecule has 3 heteroatoms. The van der Waals surface area contributed by atoms with E-state index in [0.29, 0.717) is 12.6 Å². The van der Waals surface area contributed by atoms with Crippen LogP contribution in [0.5, 0.6) is 0 Å². The van der Waals surface area contributed by atoms with Gasteiger partial charge in [0.25, 0.3) is 0 Å². The normalized spacial score (nSPS) is 22.1. The van der Waals surface area contributed by atoms with Gasteiger partial charge in [0.05, 0.1) is 12.3 Å². The van der Waals surface area contributed by atoms with E-state index in [0.717, 1.165) is 24.6 Å². The van der Waals surface area contributed by atoms with E-state index < -0.39 is 0 Å². The van der Waals surface area contributed by atoms with Crippen LogP contribution in [0.15, 0.2) is 34.9 Å². The zero-order valence-electron chi connectivity index (χ0n) is 11.5. The Morgan fingerprint density at radius 3 is 3.00 bits per heavy atom. The second-order valence-corrected chi connectivity index (χ2v) is 5.50. The summed E-state index contributed by atoms with van der Waals surface area (Å²) in [7, 11) is 0. The average Bonchev–Trinajstić information content (AvgIpc) is 3.07. The van der Waals surface area contributed by atoms with Gasteiger partial charge < -0.3 is 10.2 Å². The van der Waals surface area contributed by atoms with Crippen LogP contribution < -0.4 is 5.73 Å². The second kappa shape index (κ2) is 5.35. The van der Waals surface area contributed by atoms with Crippen LogP contribution in [0.2, 0.25) is 0 Å². The molecule has 0 aliphatic carbocycles. The van der Waals surface area contributed by atoms with Crippen molar-refractivity contribution in [3.8, 4) is 0 Å². The number of nitrogens with zero attached hydrogens (tertiary/aromatic N) is 1. The molecule has 3 rings (SSSR count). The minimum Gasteiger partial charge on any atom is -0.464 e. The van der Waals surface area contributed by atoms with Crippen LogP contribution in [-0.2, 0) is 0 Å². The maximum atomic E-state index is 6.04. The van der Waals surface area contributed by atoms with Crippen molar-refractivity contribution in [1.29, 1.82) is 0 Å². The van der Waals surface area contributed by atoms with Gasteiger partial charge in [-0.15, -0.1) is 0 Å². The molecule has 0 spiro atoms. The molecule has 1 aromatic heterocycles. The van der Waals surface area contributed by atoms with Crippen molar-refractivity contribution in [1.82, 2.24) is 4.90 Å². The molecule has 1 aliphatic heterocycles. The molecule has 2 atom stereocenters. The van der Waals surface area contributed by atoms with Crippen molar-refractivity contribution in [2.24, 2.45) is 11.7 Å². The third kappa shape index (κ3) is 2.28. The highest BCUT2D eigenvalue weighted by Crippen LogP contribution is 2.33. The van der Waals surface area contributed by atoms with Gasteiger partial charge in [-0.2, -0.15) is 0 Å². The molecule has 0 radical (unpaired) electrons. The zero-order valence-corrected chi connectivity index (χ0v) is 11.5. The Balaban J connectivity index is 1.90. The number of hydrogen-bond donors (Lipinski definition) is 1. The number of nitrogens with two attached hydrogens (primary N) is 1. The van der Waals surface area contributed by atoms with E-state index in [1.807, 2.05) is 18.4 Å².